The monoisotopic (exact) mass is 338 g/mol. The molecule has 0 aliphatic rings. The van der Waals surface area contributed by atoms with E-state index < -0.39 is 0 Å². The van der Waals surface area contributed by atoms with Crippen molar-refractivity contribution in [3.05, 3.63) is 50.6 Å². The van der Waals surface area contributed by atoms with Gasteiger partial charge in [0.25, 0.3) is 0 Å². The molecule has 3 N–H and O–H groups in total. The standard InChI is InChI=1S/C15H19BrN2S/c1-11(12-2-4-13(17)5-3-12)6-8-18-10-15-14(16)7-9-19-15/h2-5,7,9,11,18H,6,8,10,17H2,1H3. The Morgan fingerprint density at radius 2 is 2.00 bits per heavy atom. The minimum Gasteiger partial charge on any atom is -0.399 e. The number of halogens is 1. The van der Waals surface area contributed by atoms with Crippen molar-refractivity contribution in [2.24, 2.45) is 0 Å². The van der Waals surface area contributed by atoms with E-state index in [-0.39, 0.29) is 0 Å². The number of thiophene rings is 1. The lowest BCUT2D eigenvalue weighted by atomic mass is 9.98. The first-order valence-corrected chi connectivity index (χ1v) is 8.12. The summed E-state index contributed by atoms with van der Waals surface area (Å²) in [7, 11) is 0. The predicted molar refractivity (Wildman–Crippen MR) is 87.6 cm³/mol. The first-order chi connectivity index (χ1) is 9.16. The fourth-order valence-corrected chi connectivity index (χ4v) is 3.43. The number of benzene rings is 1. The molecule has 1 atom stereocenters. The summed E-state index contributed by atoms with van der Waals surface area (Å²) in [5.74, 6) is 0.555. The molecule has 4 heteroatoms. The van der Waals surface area contributed by atoms with Crippen LogP contribution in [0.5, 0.6) is 0 Å². The third-order valence-corrected chi connectivity index (χ3v) is 5.16. The Morgan fingerprint density at radius 1 is 1.26 bits per heavy atom. The minimum atomic E-state index is 0.555. The average molecular weight is 339 g/mol. The fraction of sp³-hybridized carbons (Fsp3) is 0.333. The van der Waals surface area contributed by atoms with Gasteiger partial charge in [0.1, 0.15) is 0 Å². The number of rotatable bonds is 6. The summed E-state index contributed by atoms with van der Waals surface area (Å²) in [5, 5.41) is 5.61. The molecule has 1 heterocycles. The van der Waals surface area contributed by atoms with Crippen molar-refractivity contribution in [1.82, 2.24) is 5.32 Å². The van der Waals surface area contributed by atoms with E-state index in [1.807, 2.05) is 12.1 Å². The van der Waals surface area contributed by atoms with E-state index in [0.717, 1.165) is 25.2 Å². The molecule has 2 aromatic rings. The molecule has 0 saturated carbocycles. The highest BCUT2D eigenvalue weighted by Crippen LogP contribution is 2.23. The Bertz CT molecular complexity index is 507. The molecule has 0 amide bonds. The van der Waals surface area contributed by atoms with E-state index in [2.05, 4.69) is 51.7 Å². The smallest absolute Gasteiger partial charge is 0.0327 e. The van der Waals surface area contributed by atoms with Crippen molar-refractivity contribution >= 4 is 33.0 Å². The number of nitrogen functional groups attached to an aromatic ring is 1. The van der Waals surface area contributed by atoms with Crippen molar-refractivity contribution in [3.63, 3.8) is 0 Å². The fourth-order valence-electron chi connectivity index (χ4n) is 1.96. The van der Waals surface area contributed by atoms with Crippen molar-refractivity contribution in [1.29, 1.82) is 0 Å². The third kappa shape index (κ3) is 4.34. The van der Waals surface area contributed by atoms with Crippen LogP contribution < -0.4 is 11.1 Å². The number of hydrogen-bond acceptors (Lipinski definition) is 3. The molecule has 0 radical (unpaired) electrons. The largest absolute Gasteiger partial charge is 0.399 e. The van der Waals surface area contributed by atoms with Crippen LogP contribution >= 0.6 is 27.3 Å². The molecule has 0 fully saturated rings. The highest BCUT2D eigenvalue weighted by Gasteiger charge is 2.05. The van der Waals surface area contributed by atoms with Crippen LogP contribution in [-0.2, 0) is 6.54 Å². The Hall–Kier alpha value is -0.840. The van der Waals surface area contributed by atoms with Gasteiger partial charge >= 0.3 is 0 Å². The summed E-state index contributed by atoms with van der Waals surface area (Å²) in [6, 6.07) is 10.3. The van der Waals surface area contributed by atoms with Gasteiger partial charge < -0.3 is 11.1 Å². The van der Waals surface area contributed by atoms with Gasteiger partial charge in [0.15, 0.2) is 0 Å². The molecule has 0 aliphatic heterocycles. The van der Waals surface area contributed by atoms with Crippen LogP contribution in [0.15, 0.2) is 40.2 Å². The molecule has 0 aliphatic carbocycles. The molecule has 2 rings (SSSR count). The highest BCUT2D eigenvalue weighted by molar-refractivity contribution is 9.10. The summed E-state index contributed by atoms with van der Waals surface area (Å²) in [4.78, 5) is 1.36. The maximum atomic E-state index is 5.70. The van der Waals surface area contributed by atoms with Crippen LogP contribution in [0.4, 0.5) is 5.69 Å². The van der Waals surface area contributed by atoms with Gasteiger partial charge in [-0.1, -0.05) is 19.1 Å². The maximum absolute atomic E-state index is 5.70. The summed E-state index contributed by atoms with van der Waals surface area (Å²) >= 11 is 5.33. The van der Waals surface area contributed by atoms with Gasteiger partial charge in [-0.15, -0.1) is 11.3 Å². The molecule has 2 nitrogen and oxygen atoms in total. The molecule has 19 heavy (non-hydrogen) atoms. The zero-order chi connectivity index (χ0) is 13.7. The molecule has 0 saturated heterocycles. The number of nitrogens with one attached hydrogen (secondary N) is 1. The quantitative estimate of drug-likeness (QED) is 0.606. The maximum Gasteiger partial charge on any atom is 0.0327 e. The topological polar surface area (TPSA) is 38.0 Å². The van der Waals surface area contributed by atoms with Crippen LogP contribution in [0.3, 0.4) is 0 Å². The van der Waals surface area contributed by atoms with Crippen LogP contribution in [0.2, 0.25) is 0 Å². The van der Waals surface area contributed by atoms with E-state index in [1.54, 1.807) is 11.3 Å². The lowest BCUT2D eigenvalue weighted by molar-refractivity contribution is 0.596. The van der Waals surface area contributed by atoms with Crippen molar-refractivity contribution in [2.75, 3.05) is 12.3 Å². The van der Waals surface area contributed by atoms with Gasteiger partial charge in [-0.2, -0.15) is 0 Å². The van der Waals surface area contributed by atoms with E-state index >= 15 is 0 Å². The summed E-state index contributed by atoms with van der Waals surface area (Å²) in [6.45, 7) is 4.22. The summed E-state index contributed by atoms with van der Waals surface area (Å²) in [6.07, 6.45) is 1.13. The molecular formula is C15H19BrN2S. The Balaban J connectivity index is 1.73. The second-order valence-corrected chi connectivity index (χ2v) is 6.58. The lowest BCUT2D eigenvalue weighted by Gasteiger charge is -2.12. The van der Waals surface area contributed by atoms with Crippen molar-refractivity contribution in [2.45, 2.75) is 25.8 Å². The summed E-state index contributed by atoms with van der Waals surface area (Å²) in [5.41, 5.74) is 7.89. The normalized spacial score (nSPS) is 12.5. The van der Waals surface area contributed by atoms with Gasteiger partial charge in [-0.05, 0) is 64.0 Å². The Kier molecular flexibility index (Phi) is 5.43. The molecule has 1 aromatic carbocycles. The van der Waals surface area contributed by atoms with Gasteiger partial charge in [0.05, 0.1) is 0 Å². The van der Waals surface area contributed by atoms with E-state index in [4.69, 9.17) is 5.73 Å². The Morgan fingerprint density at radius 3 is 2.63 bits per heavy atom. The summed E-state index contributed by atoms with van der Waals surface area (Å²) < 4.78 is 1.21. The molecule has 0 spiro atoms. The number of hydrogen-bond donors (Lipinski definition) is 2. The molecule has 102 valence electrons. The molecule has 0 bridgehead atoms. The second kappa shape index (κ2) is 7.08. The van der Waals surface area contributed by atoms with Crippen molar-refractivity contribution in [3.8, 4) is 0 Å². The minimum absolute atomic E-state index is 0.555. The Labute approximate surface area is 127 Å². The van der Waals surface area contributed by atoms with Crippen molar-refractivity contribution < 1.29 is 0 Å². The first-order valence-electron chi connectivity index (χ1n) is 6.45. The second-order valence-electron chi connectivity index (χ2n) is 4.72. The lowest BCUT2D eigenvalue weighted by Crippen LogP contribution is -2.16. The zero-order valence-corrected chi connectivity index (χ0v) is 13.4. The first kappa shape index (κ1) is 14.6. The number of anilines is 1. The SMILES string of the molecule is CC(CCNCc1sccc1Br)c1ccc(N)cc1. The van der Waals surface area contributed by atoms with Gasteiger partial charge in [0.2, 0.25) is 0 Å². The van der Waals surface area contributed by atoms with Gasteiger partial charge in [0, 0.05) is 21.6 Å². The van der Waals surface area contributed by atoms with Crippen LogP contribution in [0, 0.1) is 0 Å². The molecule has 1 aromatic heterocycles. The van der Waals surface area contributed by atoms with Crippen LogP contribution in [0.25, 0.3) is 0 Å². The molecular weight excluding hydrogens is 320 g/mol. The third-order valence-electron chi connectivity index (χ3n) is 3.24. The van der Waals surface area contributed by atoms with E-state index in [0.29, 0.717) is 5.92 Å². The zero-order valence-electron chi connectivity index (χ0n) is 11.0. The average Bonchev–Trinajstić information content (AvgIpc) is 2.81. The van der Waals surface area contributed by atoms with E-state index in [9.17, 15) is 0 Å². The highest BCUT2D eigenvalue weighted by atomic mass is 79.9. The van der Waals surface area contributed by atoms with E-state index in [1.165, 1.54) is 14.9 Å². The van der Waals surface area contributed by atoms with Gasteiger partial charge in [-0.3, -0.25) is 0 Å². The molecule has 1 unspecified atom stereocenters. The predicted octanol–water partition coefficient (Wildman–Crippen LogP) is 4.38. The van der Waals surface area contributed by atoms with Crippen LogP contribution in [0.1, 0.15) is 29.7 Å². The number of nitrogens with two attached hydrogens (primary N) is 1. The van der Waals surface area contributed by atoms with Crippen LogP contribution in [-0.4, -0.2) is 6.54 Å². The van der Waals surface area contributed by atoms with Gasteiger partial charge in [-0.25, -0.2) is 0 Å².